The van der Waals surface area contributed by atoms with E-state index >= 15 is 0 Å². The van der Waals surface area contributed by atoms with Gasteiger partial charge in [0.25, 0.3) is 0 Å². The van der Waals surface area contributed by atoms with E-state index in [-0.39, 0.29) is 31.1 Å². The highest BCUT2D eigenvalue weighted by atomic mass is 16.6. The van der Waals surface area contributed by atoms with Crippen molar-refractivity contribution in [2.75, 3.05) is 13.2 Å². The lowest BCUT2D eigenvalue weighted by Gasteiger charge is -2.18. The van der Waals surface area contributed by atoms with Crippen molar-refractivity contribution < 1.29 is 28.6 Å². The first kappa shape index (κ1) is 69.8. The van der Waals surface area contributed by atoms with Crippen molar-refractivity contribution in [1.82, 2.24) is 0 Å². The molecule has 0 N–H and O–H groups in total. The monoisotopic (exact) mass is 1020 g/mol. The number of esters is 3. The maximum atomic E-state index is 12.9. The molecular weight excluding hydrogens is 913 g/mol. The summed E-state index contributed by atoms with van der Waals surface area (Å²) in [4.78, 5) is 38.3. The Labute approximate surface area is 456 Å². The molecular formula is C68H112O6. The van der Waals surface area contributed by atoms with Gasteiger partial charge >= 0.3 is 17.9 Å². The molecule has 0 aromatic rings. The van der Waals surface area contributed by atoms with Crippen LogP contribution in [0.2, 0.25) is 0 Å². The van der Waals surface area contributed by atoms with Crippen LogP contribution in [0.5, 0.6) is 0 Å². The number of ether oxygens (including phenoxy) is 3. The van der Waals surface area contributed by atoms with Gasteiger partial charge in [-0.25, -0.2) is 0 Å². The first-order valence-corrected chi connectivity index (χ1v) is 30.5. The zero-order valence-corrected chi connectivity index (χ0v) is 48.1. The highest BCUT2D eigenvalue weighted by molar-refractivity contribution is 5.71. The van der Waals surface area contributed by atoms with Crippen LogP contribution in [-0.2, 0) is 28.6 Å². The van der Waals surface area contributed by atoms with E-state index < -0.39 is 6.10 Å². The van der Waals surface area contributed by atoms with E-state index in [0.29, 0.717) is 19.3 Å². The Morgan fingerprint density at radius 1 is 0.284 bits per heavy atom. The Bertz CT molecular complexity index is 1550. The van der Waals surface area contributed by atoms with Crippen LogP contribution in [-0.4, -0.2) is 37.2 Å². The highest BCUT2D eigenvalue weighted by Gasteiger charge is 2.19. The Kier molecular flexibility index (Phi) is 57.9. The van der Waals surface area contributed by atoms with Gasteiger partial charge < -0.3 is 14.2 Å². The average Bonchev–Trinajstić information content (AvgIpc) is 3.40. The number of unbranched alkanes of at least 4 members (excludes halogenated alkanes) is 23. The van der Waals surface area contributed by atoms with Crippen molar-refractivity contribution in [2.45, 2.75) is 277 Å². The number of hydrogen-bond donors (Lipinski definition) is 0. The van der Waals surface area contributed by atoms with Crippen molar-refractivity contribution in [1.29, 1.82) is 0 Å². The molecule has 0 aliphatic carbocycles. The Morgan fingerprint density at radius 2 is 0.527 bits per heavy atom. The van der Waals surface area contributed by atoms with Crippen LogP contribution in [0.4, 0.5) is 0 Å². The first-order valence-electron chi connectivity index (χ1n) is 30.5. The van der Waals surface area contributed by atoms with Crippen LogP contribution in [0.3, 0.4) is 0 Å². The van der Waals surface area contributed by atoms with E-state index in [2.05, 4.69) is 142 Å². The Morgan fingerprint density at radius 3 is 0.851 bits per heavy atom. The second-order valence-electron chi connectivity index (χ2n) is 19.9. The third-order valence-electron chi connectivity index (χ3n) is 12.7. The molecule has 0 bridgehead atoms. The van der Waals surface area contributed by atoms with Gasteiger partial charge in [-0.3, -0.25) is 14.4 Å². The smallest absolute Gasteiger partial charge is 0.306 e. The summed E-state index contributed by atoms with van der Waals surface area (Å²) in [6.45, 7) is 6.45. The van der Waals surface area contributed by atoms with Gasteiger partial charge in [0.15, 0.2) is 6.10 Å². The van der Waals surface area contributed by atoms with Crippen molar-refractivity contribution in [3.63, 3.8) is 0 Å². The molecule has 0 heterocycles. The van der Waals surface area contributed by atoms with Crippen LogP contribution in [0.1, 0.15) is 271 Å². The number of carbonyl (C=O) groups is 3. The topological polar surface area (TPSA) is 78.9 Å². The summed E-state index contributed by atoms with van der Waals surface area (Å²) in [5.74, 6) is -0.942. The Hall–Kier alpha value is -4.19. The first-order chi connectivity index (χ1) is 36.5. The lowest BCUT2D eigenvalue weighted by Crippen LogP contribution is -2.30. The molecule has 0 amide bonds. The summed E-state index contributed by atoms with van der Waals surface area (Å²) >= 11 is 0. The van der Waals surface area contributed by atoms with Crippen molar-refractivity contribution in [3.8, 4) is 0 Å². The molecule has 0 radical (unpaired) electrons. The molecule has 0 aliphatic heterocycles. The predicted molar refractivity (Wildman–Crippen MR) is 320 cm³/mol. The summed E-state index contributed by atoms with van der Waals surface area (Å²) in [6, 6.07) is 0. The van der Waals surface area contributed by atoms with Crippen LogP contribution < -0.4 is 0 Å². The van der Waals surface area contributed by atoms with Crippen molar-refractivity contribution in [3.05, 3.63) is 122 Å². The van der Waals surface area contributed by atoms with Gasteiger partial charge in [-0.1, -0.05) is 239 Å². The molecule has 0 aromatic heterocycles. The molecule has 0 aromatic carbocycles. The average molecular weight is 1030 g/mol. The molecule has 1 unspecified atom stereocenters. The molecule has 1 atom stereocenters. The van der Waals surface area contributed by atoms with Crippen LogP contribution in [0.15, 0.2) is 122 Å². The fourth-order valence-electron chi connectivity index (χ4n) is 8.09. The second-order valence-corrected chi connectivity index (χ2v) is 19.9. The molecule has 0 saturated heterocycles. The van der Waals surface area contributed by atoms with Gasteiger partial charge in [0.05, 0.1) is 0 Å². The third-order valence-corrected chi connectivity index (χ3v) is 12.7. The zero-order valence-electron chi connectivity index (χ0n) is 48.1. The maximum absolute atomic E-state index is 12.9. The second kappa shape index (κ2) is 61.4. The normalized spacial score (nSPS) is 13.0. The van der Waals surface area contributed by atoms with Crippen LogP contribution >= 0.6 is 0 Å². The minimum absolute atomic E-state index is 0.0998. The summed E-state index contributed by atoms with van der Waals surface area (Å²) in [5.41, 5.74) is 0. The number of rotatable bonds is 54. The highest BCUT2D eigenvalue weighted by Crippen LogP contribution is 2.14. The predicted octanol–water partition coefficient (Wildman–Crippen LogP) is 20.8. The SMILES string of the molecule is CC/C=C\C/C=C\C/C=C\C/C=C\C/C=C\CCCCCCCC(=O)OCC(COC(=O)CCCCCCC/C=C\C/C=C\CCCCCC)OC(=O)CCCCCCCC/C=C\C/C=C\C/C=C\CCCCC. The van der Waals surface area contributed by atoms with E-state index in [9.17, 15) is 14.4 Å². The van der Waals surface area contributed by atoms with Gasteiger partial charge in [0.2, 0.25) is 0 Å². The van der Waals surface area contributed by atoms with E-state index in [4.69, 9.17) is 14.2 Å². The maximum Gasteiger partial charge on any atom is 0.306 e. The van der Waals surface area contributed by atoms with Crippen molar-refractivity contribution in [2.24, 2.45) is 0 Å². The van der Waals surface area contributed by atoms with Crippen LogP contribution in [0.25, 0.3) is 0 Å². The largest absolute Gasteiger partial charge is 0.462 e. The van der Waals surface area contributed by atoms with E-state index in [1.165, 1.54) is 70.6 Å². The molecule has 0 rings (SSSR count). The summed E-state index contributed by atoms with van der Waals surface area (Å²) in [7, 11) is 0. The van der Waals surface area contributed by atoms with E-state index in [1.807, 2.05) is 0 Å². The summed E-state index contributed by atoms with van der Waals surface area (Å²) in [6.07, 6.45) is 84.7. The van der Waals surface area contributed by atoms with Gasteiger partial charge in [-0.05, 0) is 135 Å². The summed E-state index contributed by atoms with van der Waals surface area (Å²) < 4.78 is 16.9. The molecule has 0 aliphatic rings. The standard InChI is InChI=1S/C68H112O6/c1-4-7-10-13-16-19-22-25-28-31-33-34-36-37-40-43-46-49-52-55-58-61-67(70)73-64-65(63-72-66(69)60-57-54-51-48-45-42-39-30-27-24-21-18-15-12-9-6-3)74-68(71)62-59-56-53-50-47-44-41-38-35-32-29-26-23-20-17-14-11-8-5-2/h7,10,16-17,19-21,24-26,28-30,33-35,37-40,65H,4-6,8-9,11-15,18,22-23,27,31-32,36,41-64H2,1-3H3/b10-7-,19-16-,20-17-,24-21-,28-25-,29-26-,34-33-,38-35-,39-30-,40-37-. The molecule has 6 nitrogen and oxygen atoms in total. The minimum atomic E-state index is -0.804. The molecule has 6 heteroatoms. The molecule has 0 spiro atoms. The summed E-state index contributed by atoms with van der Waals surface area (Å²) in [5, 5.41) is 0. The number of carbonyl (C=O) groups excluding carboxylic acids is 3. The van der Waals surface area contributed by atoms with E-state index in [0.717, 1.165) is 161 Å². The van der Waals surface area contributed by atoms with Gasteiger partial charge in [-0.15, -0.1) is 0 Å². The fourth-order valence-corrected chi connectivity index (χ4v) is 8.09. The number of allylic oxidation sites excluding steroid dienone is 20. The quantitative estimate of drug-likeness (QED) is 0.0261. The Balaban J connectivity index is 4.49. The van der Waals surface area contributed by atoms with Gasteiger partial charge in [0.1, 0.15) is 13.2 Å². The molecule has 0 saturated carbocycles. The lowest BCUT2D eigenvalue weighted by atomic mass is 10.1. The lowest BCUT2D eigenvalue weighted by molar-refractivity contribution is -0.167. The van der Waals surface area contributed by atoms with Gasteiger partial charge in [0, 0.05) is 19.3 Å². The third kappa shape index (κ3) is 58.7. The minimum Gasteiger partial charge on any atom is -0.462 e. The van der Waals surface area contributed by atoms with Crippen LogP contribution in [0, 0.1) is 0 Å². The zero-order chi connectivity index (χ0) is 53.6. The van der Waals surface area contributed by atoms with E-state index in [1.54, 1.807) is 0 Å². The fraction of sp³-hybridized carbons (Fsp3) is 0.662. The molecule has 74 heavy (non-hydrogen) atoms. The van der Waals surface area contributed by atoms with Gasteiger partial charge in [-0.2, -0.15) is 0 Å². The van der Waals surface area contributed by atoms with Crippen molar-refractivity contribution >= 4 is 17.9 Å². The number of hydrogen-bond acceptors (Lipinski definition) is 6. The molecule has 420 valence electrons. The molecule has 0 fully saturated rings.